The van der Waals surface area contributed by atoms with Gasteiger partial charge in [0.05, 0.1) is 16.6 Å². The van der Waals surface area contributed by atoms with Crippen molar-refractivity contribution >= 4 is 44.2 Å². The summed E-state index contributed by atoms with van der Waals surface area (Å²) >= 11 is 3.55. The van der Waals surface area contributed by atoms with Crippen LogP contribution >= 0.6 is 15.9 Å². The molecule has 1 amide bonds. The number of hydrogen-bond acceptors (Lipinski definition) is 3. The largest absolute Gasteiger partial charge is 0.351 e. The second-order valence-corrected chi connectivity index (χ2v) is 8.34. The van der Waals surface area contributed by atoms with Crippen LogP contribution in [0.4, 0.5) is 5.82 Å². The molecule has 2 aromatic carbocycles. The highest BCUT2D eigenvalue weighted by Gasteiger charge is 2.25. The van der Waals surface area contributed by atoms with E-state index in [9.17, 15) is 4.79 Å². The summed E-state index contributed by atoms with van der Waals surface area (Å²) in [7, 11) is 0. The predicted octanol–water partition coefficient (Wildman–Crippen LogP) is 4.52. The maximum absolute atomic E-state index is 12.9. The van der Waals surface area contributed by atoms with Gasteiger partial charge in [-0.2, -0.15) is 0 Å². The Labute approximate surface area is 177 Å². The molecule has 0 bridgehead atoms. The molecule has 0 spiro atoms. The van der Waals surface area contributed by atoms with Gasteiger partial charge in [0.25, 0.3) is 5.91 Å². The van der Waals surface area contributed by atoms with E-state index >= 15 is 0 Å². The van der Waals surface area contributed by atoms with Crippen molar-refractivity contribution in [2.45, 2.75) is 6.92 Å². The van der Waals surface area contributed by atoms with Crippen LogP contribution < -0.4 is 4.90 Å². The lowest BCUT2D eigenvalue weighted by Gasteiger charge is -2.36. The molecule has 29 heavy (non-hydrogen) atoms. The van der Waals surface area contributed by atoms with E-state index in [0.717, 1.165) is 51.1 Å². The highest BCUT2D eigenvalue weighted by Crippen LogP contribution is 2.28. The number of rotatable bonds is 2. The number of aromatic nitrogens is 2. The van der Waals surface area contributed by atoms with Crippen LogP contribution in [0, 0.1) is 6.92 Å². The van der Waals surface area contributed by atoms with Gasteiger partial charge in [-0.15, -0.1) is 0 Å². The molecule has 1 aliphatic heterocycles. The first-order valence-corrected chi connectivity index (χ1v) is 10.6. The summed E-state index contributed by atoms with van der Waals surface area (Å²) in [5, 5.41) is 0. The number of aryl methyl sites for hydroxylation is 1. The molecule has 1 fully saturated rings. The Bertz CT molecular complexity index is 1220. The van der Waals surface area contributed by atoms with Crippen LogP contribution in [0.15, 0.2) is 65.3 Å². The van der Waals surface area contributed by atoms with Crippen molar-refractivity contribution in [2.75, 3.05) is 31.1 Å². The molecule has 5 nitrogen and oxygen atoms in total. The van der Waals surface area contributed by atoms with Crippen LogP contribution in [0.25, 0.3) is 16.6 Å². The Morgan fingerprint density at radius 3 is 2.55 bits per heavy atom. The first-order valence-electron chi connectivity index (χ1n) is 9.78. The summed E-state index contributed by atoms with van der Waals surface area (Å²) in [5.41, 5.74) is 4.96. The van der Waals surface area contributed by atoms with Gasteiger partial charge >= 0.3 is 0 Å². The first kappa shape index (κ1) is 18.2. The van der Waals surface area contributed by atoms with E-state index in [-0.39, 0.29) is 5.91 Å². The van der Waals surface area contributed by atoms with Crippen molar-refractivity contribution < 1.29 is 4.79 Å². The van der Waals surface area contributed by atoms with Crippen molar-refractivity contribution in [2.24, 2.45) is 0 Å². The number of nitrogens with zero attached hydrogens (tertiary/aromatic N) is 4. The summed E-state index contributed by atoms with van der Waals surface area (Å²) in [6.07, 6.45) is 2.08. The number of carbonyl (C=O) groups excluding carboxylic acids is 1. The third-order valence-electron chi connectivity index (χ3n) is 5.64. The minimum Gasteiger partial charge on any atom is -0.351 e. The van der Waals surface area contributed by atoms with Gasteiger partial charge in [0.1, 0.15) is 0 Å². The number of hydrogen-bond donors (Lipinski definition) is 0. The zero-order valence-electron chi connectivity index (χ0n) is 16.2. The number of fused-ring (bicyclic) bond motifs is 3. The van der Waals surface area contributed by atoms with Crippen LogP contribution in [0.3, 0.4) is 0 Å². The normalized spacial score (nSPS) is 14.7. The summed E-state index contributed by atoms with van der Waals surface area (Å²) < 4.78 is 3.21. The zero-order chi connectivity index (χ0) is 20.0. The number of piperazine rings is 1. The maximum atomic E-state index is 12.9. The molecule has 1 saturated heterocycles. The van der Waals surface area contributed by atoms with E-state index in [1.54, 1.807) is 0 Å². The third-order valence-corrected chi connectivity index (χ3v) is 6.14. The molecule has 0 atom stereocenters. The van der Waals surface area contributed by atoms with E-state index in [0.29, 0.717) is 13.1 Å². The molecule has 5 rings (SSSR count). The van der Waals surface area contributed by atoms with Crippen molar-refractivity contribution in [3.63, 3.8) is 0 Å². The van der Waals surface area contributed by atoms with E-state index in [1.165, 1.54) is 0 Å². The topological polar surface area (TPSA) is 40.9 Å². The number of amides is 1. The van der Waals surface area contributed by atoms with Crippen molar-refractivity contribution in [3.8, 4) is 0 Å². The van der Waals surface area contributed by atoms with Crippen LogP contribution in [-0.4, -0.2) is 46.4 Å². The molecule has 3 heterocycles. The maximum Gasteiger partial charge on any atom is 0.254 e. The van der Waals surface area contributed by atoms with Gasteiger partial charge in [-0.25, -0.2) is 4.98 Å². The second-order valence-electron chi connectivity index (χ2n) is 7.43. The quantitative estimate of drug-likeness (QED) is 0.452. The standard InChI is InChI=1S/C23H21BrN4O/c1-16-5-2-3-6-18(16)23(29)27-13-11-26(12-14-27)22-21-7-4-10-28(21)20-9-8-17(24)15-19(20)25-22/h2-10,15H,11-14H2,1H3. The Kier molecular flexibility index (Phi) is 4.51. The molecule has 1 aliphatic rings. The van der Waals surface area contributed by atoms with Crippen LogP contribution in [0.2, 0.25) is 0 Å². The number of halogens is 1. The summed E-state index contributed by atoms with van der Waals surface area (Å²) in [5.74, 6) is 1.09. The predicted molar refractivity (Wildman–Crippen MR) is 120 cm³/mol. The molecule has 6 heteroatoms. The fourth-order valence-corrected chi connectivity index (χ4v) is 4.42. The molecule has 2 aromatic heterocycles. The third kappa shape index (κ3) is 3.17. The average Bonchev–Trinajstić information content (AvgIpc) is 3.23. The smallest absolute Gasteiger partial charge is 0.254 e. The van der Waals surface area contributed by atoms with Gasteiger partial charge < -0.3 is 14.2 Å². The number of anilines is 1. The lowest BCUT2D eigenvalue weighted by atomic mass is 10.1. The highest BCUT2D eigenvalue weighted by atomic mass is 79.9. The highest BCUT2D eigenvalue weighted by molar-refractivity contribution is 9.10. The summed E-state index contributed by atoms with van der Waals surface area (Å²) in [6, 6.07) is 18.1. The van der Waals surface area contributed by atoms with Crippen molar-refractivity contribution in [1.29, 1.82) is 0 Å². The lowest BCUT2D eigenvalue weighted by Crippen LogP contribution is -2.49. The molecule has 0 unspecified atom stereocenters. The van der Waals surface area contributed by atoms with Gasteiger partial charge in [0.15, 0.2) is 5.82 Å². The lowest BCUT2D eigenvalue weighted by molar-refractivity contribution is 0.0746. The molecule has 0 N–H and O–H groups in total. The van der Waals surface area contributed by atoms with E-state index in [4.69, 9.17) is 4.98 Å². The summed E-state index contributed by atoms with van der Waals surface area (Å²) in [6.45, 7) is 4.91. The molecule has 0 aliphatic carbocycles. The van der Waals surface area contributed by atoms with E-state index in [2.05, 4.69) is 55.7 Å². The van der Waals surface area contributed by atoms with Gasteiger partial charge in [-0.05, 0) is 48.9 Å². The fourth-order valence-electron chi connectivity index (χ4n) is 4.07. The average molecular weight is 449 g/mol. The Balaban J connectivity index is 1.43. The summed E-state index contributed by atoms with van der Waals surface area (Å²) in [4.78, 5) is 22.1. The van der Waals surface area contributed by atoms with E-state index in [1.807, 2.05) is 42.2 Å². The second kappa shape index (κ2) is 7.19. The molecule has 4 aromatic rings. The molecule has 0 saturated carbocycles. The van der Waals surface area contributed by atoms with Crippen molar-refractivity contribution in [3.05, 3.63) is 76.4 Å². The Morgan fingerprint density at radius 2 is 1.76 bits per heavy atom. The Morgan fingerprint density at radius 1 is 0.966 bits per heavy atom. The Hall–Kier alpha value is -2.86. The fraction of sp³-hybridized carbons (Fsp3) is 0.217. The molecule has 146 valence electrons. The monoisotopic (exact) mass is 448 g/mol. The molecule has 0 radical (unpaired) electrons. The minimum absolute atomic E-state index is 0.117. The van der Waals surface area contributed by atoms with Crippen LogP contribution in [0.5, 0.6) is 0 Å². The first-order chi connectivity index (χ1) is 14.1. The van der Waals surface area contributed by atoms with Crippen molar-refractivity contribution in [1.82, 2.24) is 14.3 Å². The number of carbonyl (C=O) groups is 1. The zero-order valence-corrected chi connectivity index (χ0v) is 17.8. The van der Waals surface area contributed by atoms with Crippen LogP contribution in [0.1, 0.15) is 15.9 Å². The van der Waals surface area contributed by atoms with Gasteiger partial charge in [0.2, 0.25) is 0 Å². The molecular formula is C23H21BrN4O. The molecular weight excluding hydrogens is 428 g/mol. The SMILES string of the molecule is Cc1ccccc1C(=O)N1CCN(c2nc3cc(Br)ccc3n3cccc23)CC1. The minimum atomic E-state index is 0.117. The van der Waals surface area contributed by atoms with Crippen LogP contribution in [-0.2, 0) is 0 Å². The number of benzene rings is 2. The van der Waals surface area contributed by atoms with Gasteiger partial charge in [-0.1, -0.05) is 34.1 Å². The van der Waals surface area contributed by atoms with Gasteiger partial charge in [-0.3, -0.25) is 4.79 Å². The van der Waals surface area contributed by atoms with Gasteiger partial charge in [0, 0.05) is 42.4 Å². The van der Waals surface area contributed by atoms with E-state index < -0.39 is 0 Å².